The number of nitrogens with zero attached hydrogens (tertiary/aromatic N) is 2. The average molecular weight is 329 g/mol. The molecule has 1 aromatic carbocycles. The monoisotopic (exact) mass is 329 g/mol. The van der Waals surface area contributed by atoms with Gasteiger partial charge in [-0.25, -0.2) is 4.68 Å². The van der Waals surface area contributed by atoms with Crippen molar-refractivity contribution in [1.82, 2.24) is 20.4 Å². The predicted octanol–water partition coefficient (Wildman–Crippen LogP) is -0.0995. The molecule has 0 aliphatic heterocycles. The standard InChI is InChI=1S/C16H19N5O3/c1-10-12(9-19-21(10)11-6-4-3-5-7-11)15(23)20-13(8-14(17)22)16(24)18-2/h3-7,9,13H,8H2,1-2H3,(H2,17,22)(H,18,24)(H,20,23)/t13-/m0/s1. The van der Waals surface area contributed by atoms with Crippen LogP contribution in [-0.2, 0) is 9.59 Å². The van der Waals surface area contributed by atoms with Gasteiger partial charge >= 0.3 is 0 Å². The molecule has 0 saturated heterocycles. The number of primary amides is 1. The average Bonchev–Trinajstić information content (AvgIpc) is 2.95. The Labute approximate surface area is 139 Å². The zero-order chi connectivity index (χ0) is 17.7. The Kier molecular flexibility index (Phi) is 5.31. The molecule has 0 spiro atoms. The molecule has 2 aromatic rings. The van der Waals surface area contributed by atoms with E-state index in [0.29, 0.717) is 11.3 Å². The third kappa shape index (κ3) is 3.78. The van der Waals surface area contributed by atoms with Gasteiger partial charge < -0.3 is 16.4 Å². The maximum Gasteiger partial charge on any atom is 0.255 e. The summed E-state index contributed by atoms with van der Waals surface area (Å²) in [6.45, 7) is 1.75. The van der Waals surface area contributed by atoms with Gasteiger partial charge in [-0.1, -0.05) is 18.2 Å². The van der Waals surface area contributed by atoms with E-state index >= 15 is 0 Å². The summed E-state index contributed by atoms with van der Waals surface area (Å²) in [5, 5.41) is 9.11. The van der Waals surface area contributed by atoms with Crippen molar-refractivity contribution in [1.29, 1.82) is 0 Å². The molecule has 1 atom stereocenters. The lowest BCUT2D eigenvalue weighted by atomic mass is 10.1. The van der Waals surface area contributed by atoms with E-state index in [1.54, 1.807) is 11.6 Å². The third-order valence-corrected chi connectivity index (χ3v) is 3.53. The van der Waals surface area contributed by atoms with E-state index in [1.807, 2.05) is 30.3 Å². The zero-order valence-electron chi connectivity index (χ0n) is 13.4. The molecular formula is C16H19N5O3. The molecule has 24 heavy (non-hydrogen) atoms. The molecule has 4 N–H and O–H groups in total. The fourth-order valence-corrected chi connectivity index (χ4v) is 2.28. The molecule has 0 aliphatic carbocycles. The third-order valence-electron chi connectivity index (χ3n) is 3.53. The molecule has 1 aromatic heterocycles. The summed E-state index contributed by atoms with van der Waals surface area (Å²) >= 11 is 0. The number of nitrogens with two attached hydrogens (primary N) is 1. The second kappa shape index (κ2) is 7.40. The Morgan fingerprint density at radius 2 is 1.92 bits per heavy atom. The summed E-state index contributed by atoms with van der Waals surface area (Å²) in [6.07, 6.45) is 1.14. The topological polar surface area (TPSA) is 119 Å². The van der Waals surface area contributed by atoms with Gasteiger partial charge in [-0.3, -0.25) is 14.4 Å². The Hall–Kier alpha value is -3.16. The molecule has 0 fully saturated rings. The van der Waals surface area contributed by atoms with Crippen LogP contribution in [0.15, 0.2) is 36.5 Å². The van der Waals surface area contributed by atoms with Crippen LogP contribution >= 0.6 is 0 Å². The lowest BCUT2D eigenvalue weighted by Crippen LogP contribution is -2.47. The van der Waals surface area contributed by atoms with Gasteiger partial charge in [0.15, 0.2) is 0 Å². The number of carbonyl (C=O) groups is 3. The van der Waals surface area contributed by atoms with Gasteiger partial charge in [-0.15, -0.1) is 0 Å². The van der Waals surface area contributed by atoms with Crippen LogP contribution in [0.1, 0.15) is 22.5 Å². The fourth-order valence-electron chi connectivity index (χ4n) is 2.28. The quantitative estimate of drug-likeness (QED) is 0.685. The number of nitrogens with one attached hydrogen (secondary N) is 2. The number of aromatic nitrogens is 2. The first-order valence-corrected chi connectivity index (χ1v) is 7.34. The van der Waals surface area contributed by atoms with Crippen molar-refractivity contribution in [3.63, 3.8) is 0 Å². The molecule has 0 saturated carbocycles. The van der Waals surface area contributed by atoms with Crippen LogP contribution in [0.4, 0.5) is 0 Å². The van der Waals surface area contributed by atoms with Gasteiger partial charge in [0.2, 0.25) is 11.8 Å². The number of carbonyl (C=O) groups excluding carboxylic acids is 3. The van der Waals surface area contributed by atoms with Gasteiger partial charge in [-0.05, 0) is 19.1 Å². The Bertz CT molecular complexity index is 754. The maximum absolute atomic E-state index is 12.4. The zero-order valence-corrected chi connectivity index (χ0v) is 13.4. The van der Waals surface area contributed by atoms with Crippen LogP contribution in [0.2, 0.25) is 0 Å². The van der Waals surface area contributed by atoms with E-state index in [9.17, 15) is 14.4 Å². The van der Waals surface area contributed by atoms with E-state index in [1.165, 1.54) is 13.2 Å². The Morgan fingerprint density at radius 1 is 1.25 bits per heavy atom. The van der Waals surface area contributed by atoms with E-state index in [2.05, 4.69) is 15.7 Å². The number of likely N-dealkylation sites (N-methyl/N-ethyl adjacent to an activating group) is 1. The lowest BCUT2D eigenvalue weighted by molar-refractivity contribution is -0.126. The van der Waals surface area contributed by atoms with Gasteiger partial charge in [0.05, 0.1) is 29.6 Å². The van der Waals surface area contributed by atoms with E-state index in [4.69, 9.17) is 5.73 Å². The Balaban J connectivity index is 2.22. The van der Waals surface area contributed by atoms with Gasteiger partial charge in [0.25, 0.3) is 5.91 Å². The highest BCUT2D eigenvalue weighted by molar-refractivity contribution is 5.99. The molecule has 1 heterocycles. The van der Waals surface area contributed by atoms with E-state index < -0.39 is 23.8 Å². The molecule has 126 valence electrons. The van der Waals surface area contributed by atoms with E-state index in [-0.39, 0.29) is 6.42 Å². The number of para-hydroxylation sites is 1. The fraction of sp³-hybridized carbons (Fsp3) is 0.250. The summed E-state index contributed by atoms with van der Waals surface area (Å²) in [7, 11) is 1.42. The minimum absolute atomic E-state index is 0.280. The van der Waals surface area contributed by atoms with Crippen molar-refractivity contribution in [2.24, 2.45) is 5.73 Å². The molecule has 8 nitrogen and oxygen atoms in total. The van der Waals surface area contributed by atoms with Gasteiger partial charge in [0, 0.05) is 7.05 Å². The number of hydrogen-bond donors (Lipinski definition) is 3. The van der Waals surface area contributed by atoms with Gasteiger partial charge in [0.1, 0.15) is 6.04 Å². The molecule has 8 heteroatoms. The summed E-state index contributed by atoms with van der Waals surface area (Å²) in [5.74, 6) is -1.67. The minimum atomic E-state index is -1.03. The predicted molar refractivity (Wildman–Crippen MR) is 87.4 cm³/mol. The summed E-state index contributed by atoms with van der Waals surface area (Å²) in [6, 6.07) is 8.31. The minimum Gasteiger partial charge on any atom is -0.370 e. The summed E-state index contributed by atoms with van der Waals surface area (Å²) in [5.41, 5.74) is 6.87. The summed E-state index contributed by atoms with van der Waals surface area (Å²) < 4.78 is 1.62. The SMILES string of the molecule is CNC(=O)[C@H](CC(N)=O)NC(=O)c1cnn(-c2ccccc2)c1C. The molecule has 0 aliphatic rings. The van der Waals surface area contributed by atoms with Crippen molar-refractivity contribution in [2.45, 2.75) is 19.4 Å². The molecule has 0 radical (unpaired) electrons. The first kappa shape index (κ1) is 17.2. The highest BCUT2D eigenvalue weighted by Crippen LogP contribution is 2.14. The normalized spacial score (nSPS) is 11.6. The molecule has 2 rings (SSSR count). The van der Waals surface area contributed by atoms with Crippen LogP contribution in [0.5, 0.6) is 0 Å². The first-order valence-electron chi connectivity index (χ1n) is 7.34. The number of benzene rings is 1. The second-order valence-electron chi connectivity index (χ2n) is 5.20. The first-order chi connectivity index (χ1) is 11.4. The van der Waals surface area contributed by atoms with Crippen LogP contribution in [0.25, 0.3) is 5.69 Å². The lowest BCUT2D eigenvalue weighted by Gasteiger charge is -2.15. The molecular weight excluding hydrogens is 310 g/mol. The van der Waals surface area contributed by atoms with Crippen molar-refractivity contribution < 1.29 is 14.4 Å². The largest absolute Gasteiger partial charge is 0.370 e. The van der Waals surface area contributed by atoms with Crippen molar-refractivity contribution in [3.8, 4) is 5.69 Å². The maximum atomic E-state index is 12.4. The smallest absolute Gasteiger partial charge is 0.255 e. The van der Waals surface area contributed by atoms with Crippen LogP contribution in [0.3, 0.4) is 0 Å². The van der Waals surface area contributed by atoms with Crippen molar-refractivity contribution >= 4 is 17.7 Å². The Morgan fingerprint density at radius 3 is 2.50 bits per heavy atom. The van der Waals surface area contributed by atoms with Gasteiger partial charge in [-0.2, -0.15) is 5.10 Å². The second-order valence-corrected chi connectivity index (χ2v) is 5.20. The highest BCUT2D eigenvalue weighted by Gasteiger charge is 2.24. The van der Waals surface area contributed by atoms with Crippen molar-refractivity contribution in [2.75, 3.05) is 7.05 Å². The number of amides is 3. The molecule has 3 amide bonds. The van der Waals surface area contributed by atoms with Crippen LogP contribution in [0, 0.1) is 6.92 Å². The molecule has 0 bridgehead atoms. The molecule has 0 unspecified atom stereocenters. The number of rotatable bonds is 6. The number of hydrogen-bond acceptors (Lipinski definition) is 4. The highest BCUT2D eigenvalue weighted by atomic mass is 16.2. The van der Waals surface area contributed by atoms with Crippen LogP contribution < -0.4 is 16.4 Å². The summed E-state index contributed by atoms with van der Waals surface area (Å²) in [4.78, 5) is 35.3. The van der Waals surface area contributed by atoms with Crippen LogP contribution in [-0.4, -0.2) is 40.6 Å². The van der Waals surface area contributed by atoms with E-state index in [0.717, 1.165) is 5.69 Å². The van der Waals surface area contributed by atoms with Crippen molar-refractivity contribution in [3.05, 3.63) is 47.8 Å².